The first kappa shape index (κ1) is 20.1. The van der Waals surface area contributed by atoms with Crippen LogP contribution in [0.3, 0.4) is 0 Å². The molecule has 0 saturated heterocycles. The summed E-state index contributed by atoms with van der Waals surface area (Å²) in [6.45, 7) is 11.1. The van der Waals surface area contributed by atoms with Crippen LogP contribution in [0, 0.1) is 0 Å². The Labute approximate surface area is 178 Å². The summed E-state index contributed by atoms with van der Waals surface area (Å²) >= 11 is 2.46. The van der Waals surface area contributed by atoms with E-state index < -0.39 is 0 Å². The molecule has 1 heteroatoms. The Balaban J connectivity index is 2.02. The van der Waals surface area contributed by atoms with E-state index in [1.165, 1.54) is 44.3 Å². The van der Waals surface area contributed by atoms with E-state index in [9.17, 15) is 0 Å². The molecule has 0 heterocycles. The highest BCUT2D eigenvalue weighted by molar-refractivity contribution is 14.1. The summed E-state index contributed by atoms with van der Waals surface area (Å²) < 4.78 is 1.49. The average Bonchev–Trinajstić information content (AvgIpc) is 2.71. The highest BCUT2D eigenvalue weighted by Gasteiger charge is 2.26. The Morgan fingerprint density at radius 1 is 1.15 bits per heavy atom. The van der Waals surface area contributed by atoms with Crippen LogP contribution in [-0.2, 0) is 11.8 Å². The van der Waals surface area contributed by atoms with Crippen LogP contribution in [0.5, 0.6) is 0 Å². The standard InChI is InChI=1S/C26H29I/c1-5-21(17-20-11-15-24(27)16-12-20)23-14-13-22-10-8-6-7-9-19(2)26(3,4)25(22)18-23/h5-9,13-15,17-18H,2,10-12,16H2,1,3-4H3/b8-6-,9-7-,20-17+,21-5+. The topological polar surface area (TPSA) is 0 Å². The number of benzene rings is 1. The third-order valence-corrected chi connectivity index (χ3v) is 6.72. The third-order valence-electron chi connectivity index (χ3n) is 5.74. The quantitative estimate of drug-likeness (QED) is 0.386. The van der Waals surface area contributed by atoms with E-state index in [4.69, 9.17) is 0 Å². The SMILES string of the molecule is C=C1/C=C\C=C/Cc2ccc(C(/C=C3\CC=C(I)CC3)=C/C)cc2C1(C)C. The maximum absolute atomic E-state index is 4.35. The minimum atomic E-state index is -0.0798. The van der Waals surface area contributed by atoms with Crippen LogP contribution in [0.1, 0.15) is 56.7 Å². The summed E-state index contributed by atoms with van der Waals surface area (Å²) in [5, 5.41) is 0. The van der Waals surface area contributed by atoms with Gasteiger partial charge in [-0.25, -0.2) is 0 Å². The number of allylic oxidation sites excluding steroid dienone is 11. The lowest BCUT2D eigenvalue weighted by Crippen LogP contribution is -2.21. The van der Waals surface area contributed by atoms with Crippen molar-refractivity contribution >= 4 is 28.2 Å². The van der Waals surface area contributed by atoms with Gasteiger partial charge >= 0.3 is 0 Å². The van der Waals surface area contributed by atoms with Gasteiger partial charge in [-0.1, -0.05) is 80.7 Å². The minimum Gasteiger partial charge on any atom is -0.0949 e. The summed E-state index contributed by atoms with van der Waals surface area (Å²) in [6.07, 6.45) is 20.0. The summed E-state index contributed by atoms with van der Waals surface area (Å²) in [6, 6.07) is 6.98. The van der Waals surface area contributed by atoms with Gasteiger partial charge in [-0.2, -0.15) is 0 Å². The summed E-state index contributed by atoms with van der Waals surface area (Å²) in [5.74, 6) is 0. The number of rotatable bonds is 2. The zero-order valence-electron chi connectivity index (χ0n) is 16.7. The molecule has 0 aliphatic heterocycles. The van der Waals surface area contributed by atoms with Crippen molar-refractivity contribution in [2.24, 2.45) is 0 Å². The minimum absolute atomic E-state index is 0.0798. The molecule has 0 aromatic heterocycles. The van der Waals surface area contributed by atoms with Crippen molar-refractivity contribution in [3.05, 3.63) is 98.7 Å². The van der Waals surface area contributed by atoms with Crippen LogP contribution in [0.15, 0.2) is 82.0 Å². The van der Waals surface area contributed by atoms with Gasteiger partial charge in [-0.15, -0.1) is 0 Å². The van der Waals surface area contributed by atoms with Gasteiger partial charge in [-0.3, -0.25) is 0 Å². The van der Waals surface area contributed by atoms with Crippen molar-refractivity contribution in [2.75, 3.05) is 0 Å². The summed E-state index contributed by atoms with van der Waals surface area (Å²) in [5.41, 5.74) is 8.01. The van der Waals surface area contributed by atoms with Gasteiger partial charge in [0.15, 0.2) is 0 Å². The first-order chi connectivity index (χ1) is 12.9. The van der Waals surface area contributed by atoms with E-state index in [0.717, 1.165) is 18.4 Å². The maximum Gasteiger partial charge on any atom is 0.0143 e. The van der Waals surface area contributed by atoms with E-state index in [1.54, 1.807) is 0 Å². The van der Waals surface area contributed by atoms with Crippen molar-refractivity contribution in [1.29, 1.82) is 0 Å². The molecule has 0 atom stereocenters. The second kappa shape index (κ2) is 8.60. The van der Waals surface area contributed by atoms with Crippen LogP contribution >= 0.6 is 22.6 Å². The fourth-order valence-electron chi connectivity index (χ4n) is 3.75. The van der Waals surface area contributed by atoms with Crippen molar-refractivity contribution < 1.29 is 0 Å². The Morgan fingerprint density at radius 2 is 1.96 bits per heavy atom. The monoisotopic (exact) mass is 468 g/mol. The summed E-state index contributed by atoms with van der Waals surface area (Å²) in [7, 11) is 0. The van der Waals surface area contributed by atoms with Crippen molar-refractivity contribution in [3.63, 3.8) is 0 Å². The van der Waals surface area contributed by atoms with E-state index in [2.05, 4.69) is 111 Å². The molecule has 0 saturated carbocycles. The lowest BCUT2D eigenvalue weighted by Gasteiger charge is -2.29. The van der Waals surface area contributed by atoms with Crippen molar-refractivity contribution in [1.82, 2.24) is 0 Å². The molecular weight excluding hydrogens is 439 g/mol. The van der Waals surface area contributed by atoms with Gasteiger partial charge in [0.25, 0.3) is 0 Å². The van der Waals surface area contributed by atoms with Crippen LogP contribution in [0.2, 0.25) is 0 Å². The maximum atomic E-state index is 4.35. The van der Waals surface area contributed by atoms with Gasteiger partial charge in [0.2, 0.25) is 0 Å². The molecule has 140 valence electrons. The van der Waals surface area contributed by atoms with Crippen LogP contribution in [0.4, 0.5) is 0 Å². The van der Waals surface area contributed by atoms with E-state index in [0.29, 0.717) is 0 Å². The van der Waals surface area contributed by atoms with E-state index in [1.807, 2.05) is 0 Å². The fourth-order valence-corrected chi connectivity index (χ4v) is 4.24. The molecule has 3 rings (SSSR count). The molecule has 27 heavy (non-hydrogen) atoms. The van der Waals surface area contributed by atoms with Crippen LogP contribution in [-0.4, -0.2) is 0 Å². The molecule has 2 aliphatic carbocycles. The predicted molar refractivity (Wildman–Crippen MR) is 128 cm³/mol. The second-order valence-corrected chi connectivity index (χ2v) is 9.30. The molecule has 0 bridgehead atoms. The molecule has 0 N–H and O–H groups in total. The van der Waals surface area contributed by atoms with Crippen molar-refractivity contribution in [2.45, 2.75) is 51.9 Å². The highest BCUT2D eigenvalue weighted by Crippen LogP contribution is 2.37. The van der Waals surface area contributed by atoms with Crippen LogP contribution < -0.4 is 0 Å². The van der Waals surface area contributed by atoms with Gasteiger partial charge < -0.3 is 0 Å². The molecule has 0 unspecified atom stereocenters. The highest BCUT2D eigenvalue weighted by atomic mass is 127. The summed E-state index contributed by atoms with van der Waals surface area (Å²) in [4.78, 5) is 0. The molecule has 0 nitrogen and oxygen atoms in total. The predicted octanol–water partition coefficient (Wildman–Crippen LogP) is 8.02. The average molecular weight is 468 g/mol. The molecule has 2 aliphatic rings. The molecule has 1 aromatic carbocycles. The number of fused-ring (bicyclic) bond motifs is 1. The largest absolute Gasteiger partial charge is 0.0949 e. The Morgan fingerprint density at radius 3 is 2.67 bits per heavy atom. The Kier molecular flexibility index (Phi) is 6.41. The Bertz CT molecular complexity index is 885. The zero-order chi connectivity index (χ0) is 19.4. The zero-order valence-corrected chi connectivity index (χ0v) is 18.8. The second-order valence-electron chi connectivity index (χ2n) is 7.92. The first-order valence-electron chi connectivity index (χ1n) is 9.78. The molecule has 0 amide bonds. The Hall–Kier alpha value is -1.61. The lowest BCUT2D eigenvalue weighted by molar-refractivity contribution is 0.635. The van der Waals surface area contributed by atoms with E-state index >= 15 is 0 Å². The van der Waals surface area contributed by atoms with E-state index in [-0.39, 0.29) is 5.41 Å². The van der Waals surface area contributed by atoms with Gasteiger partial charge in [-0.05, 0) is 92.7 Å². The van der Waals surface area contributed by atoms with Gasteiger partial charge in [0, 0.05) is 5.41 Å². The number of halogens is 1. The number of hydrogen-bond donors (Lipinski definition) is 0. The van der Waals surface area contributed by atoms with Crippen LogP contribution in [0.25, 0.3) is 5.57 Å². The third kappa shape index (κ3) is 4.63. The molecular formula is C26H29I. The lowest BCUT2D eigenvalue weighted by atomic mass is 9.75. The van der Waals surface area contributed by atoms with Gasteiger partial charge in [0.05, 0.1) is 0 Å². The number of hydrogen-bond acceptors (Lipinski definition) is 0. The fraction of sp³-hybridized carbons (Fsp3) is 0.308. The molecule has 0 spiro atoms. The first-order valence-corrected chi connectivity index (χ1v) is 10.9. The van der Waals surface area contributed by atoms with Gasteiger partial charge in [0.1, 0.15) is 0 Å². The molecule has 0 radical (unpaired) electrons. The smallest absolute Gasteiger partial charge is 0.0143 e. The molecule has 0 fully saturated rings. The molecule has 1 aromatic rings. The van der Waals surface area contributed by atoms with Crippen molar-refractivity contribution in [3.8, 4) is 0 Å². The normalized spacial score (nSPS) is 23.7.